The van der Waals surface area contributed by atoms with Crippen LogP contribution in [-0.2, 0) is 4.79 Å². The van der Waals surface area contributed by atoms with Crippen molar-refractivity contribution in [3.63, 3.8) is 0 Å². The lowest BCUT2D eigenvalue weighted by atomic mass is 10.1. The number of benzene rings is 1. The van der Waals surface area contributed by atoms with E-state index >= 15 is 0 Å². The third-order valence-corrected chi connectivity index (χ3v) is 5.16. The molecule has 5 heteroatoms. The minimum atomic E-state index is 0.122. The second-order valence-electron chi connectivity index (χ2n) is 6.69. The van der Waals surface area contributed by atoms with Crippen molar-refractivity contribution >= 4 is 22.6 Å². The summed E-state index contributed by atoms with van der Waals surface area (Å²) in [7, 11) is 1.67. The summed E-state index contributed by atoms with van der Waals surface area (Å²) in [5, 5.41) is 1.07. The summed E-state index contributed by atoms with van der Waals surface area (Å²) >= 11 is 0. The quantitative estimate of drug-likeness (QED) is 0.870. The highest BCUT2D eigenvalue weighted by atomic mass is 16.5. The fourth-order valence-electron chi connectivity index (χ4n) is 3.76. The summed E-state index contributed by atoms with van der Waals surface area (Å²) in [5.74, 6) is 2.26. The first-order valence-corrected chi connectivity index (χ1v) is 8.73. The number of likely N-dealkylation sites (tertiary alicyclic amines) is 1. The van der Waals surface area contributed by atoms with Crippen LogP contribution in [0.1, 0.15) is 19.3 Å². The molecule has 1 amide bonds. The maximum Gasteiger partial charge on any atom is 0.227 e. The largest absolute Gasteiger partial charge is 0.497 e. The van der Waals surface area contributed by atoms with Crippen molar-refractivity contribution in [1.29, 1.82) is 0 Å². The van der Waals surface area contributed by atoms with Crippen LogP contribution in [0.4, 0.5) is 5.82 Å². The van der Waals surface area contributed by atoms with Crippen LogP contribution in [0.3, 0.4) is 0 Å². The molecule has 2 aliphatic rings. The van der Waals surface area contributed by atoms with Gasteiger partial charge in [0.1, 0.15) is 11.6 Å². The predicted octanol–water partition coefficient (Wildman–Crippen LogP) is 2.69. The van der Waals surface area contributed by atoms with Crippen molar-refractivity contribution in [2.75, 3.05) is 38.2 Å². The van der Waals surface area contributed by atoms with Crippen LogP contribution in [-0.4, -0.2) is 49.1 Å². The molecule has 0 radical (unpaired) electrons. The maximum absolute atomic E-state index is 12.6. The van der Waals surface area contributed by atoms with Crippen molar-refractivity contribution in [3.05, 3.63) is 30.3 Å². The van der Waals surface area contributed by atoms with Gasteiger partial charge in [-0.1, -0.05) is 0 Å². The number of aromatic nitrogens is 1. The highest BCUT2D eigenvalue weighted by molar-refractivity contribution is 5.83. The Morgan fingerprint density at radius 3 is 2.79 bits per heavy atom. The number of fused-ring (bicyclic) bond motifs is 1. The maximum atomic E-state index is 12.6. The second kappa shape index (κ2) is 6.30. The van der Waals surface area contributed by atoms with E-state index in [9.17, 15) is 4.79 Å². The molecule has 0 N–H and O–H groups in total. The first kappa shape index (κ1) is 15.2. The fourth-order valence-corrected chi connectivity index (χ4v) is 3.76. The SMILES string of the molecule is COc1ccc2nc(N3CCC(C(=O)N4CCCC4)C3)ccc2c1. The number of carbonyl (C=O) groups excluding carboxylic acids is 1. The number of anilines is 1. The van der Waals surface area contributed by atoms with Gasteiger partial charge < -0.3 is 14.5 Å². The molecular weight excluding hydrogens is 302 g/mol. The molecule has 0 aliphatic carbocycles. The van der Waals surface area contributed by atoms with E-state index in [1.165, 1.54) is 0 Å². The zero-order valence-electron chi connectivity index (χ0n) is 14.1. The Kier molecular flexibility index (Phi) is 4.00. The lowest BCUT2D eigenvalue weighted by molar-refractivity contribution is -0.133. The summed E-state index contributed by atoms with van der Waals surface area (Å²) in [6, 6.07) is 10.0. The Hall–Kier alpha value is -2.30. The molecule has 2 aliphatic heterocycles. The average Bonchev–Trinajstić information content (AvgIpc) is 3.32. The second-order valence-corrected chi connectivity index (χ2v) is 6.69. The van der Waals surface area contributed by atoms with Gasteiger partial charge in [0.25, 0.3) is 0 Å². The molecule has 5 nitrogen and oxygen atoms in total. The molecule has 2 aromatic rings. The number of hydrogen-bond acceptors (Lipinski definition) is 4. The van der Waals surface area contributed by atoms with Crippen LogP contribution < -0.4 is 9.64 Å². The van der Waals surface area contributed by atoms with E-state index < -0.39 is 0 Å². The Morgan fingerprint density at radius 1 is 1.17 bits per heavy atom. The summed E-state index contributed by atoms with van der Waals surface area (Å²) < 4.78 is 5.26. The van der Waals surface area contributed by atoms with Gasteiger partial charge in [-0.15, -0.1) is 0 Å². The normalized spacial score (nSPS) is 20.8. The first-order chi connectivity index (χ1) is 11.7. The molecule has 1 atom stereocenters. The molecule has 2 saturated heterocycles. The summed E-state index contributed by atoms with van der Waals surface area (Å²) in [4.78, 5) is 21.6. The number of ether oxygens (including phenoxy) is 1. The molecule has 1 unspecified atom stereocenters. The third-order valence-electron chi connectivity index (χ3n) is 5.16. The van der Waals surface area contributed by atoms with Gasteiger partial charge in [-0.3, -0.25) is 4.79 Å². The predicted molar refractivity (Wildman–Crippen MR) is 94.4 cm³/mol. The Morgan fingerprint density at radius 2 is 2.00 bits per heavy atom. The van der Waals surface area contributed by atoms with Crippen LogP contribution in [0.25, 0.3) is 10.9 Å². The van der Waals surface area contributed by atoms with Gasteiger partial charge >= 0.3 is 0 Å². The van der Waals surface area contributed by atoms with Crippen molar-refractivity contribution in [3.8, 4) is 5.75 Å². The summed E-state index contributed by atoms with van der Waals surface area (Å²) in [6.07, 6.45) is 3.23. The van der Waals surface area contributed by atoms with E-state index in [0.29, 0.717) is 5.91 Å². The zero-order valence-corrected chi connectivity index (χ0v) is 14.1. The van der Waals surface area contributed by atoms with Gasteiger partial charge in [0.2, 0.25) is 5.91 Å². The number of carbonyl (C=O) groups is 1. The first-order valence-electron chi connectivity index (χ1n) is 8.73. The highest BCUT2D eigenvalue weighted by Gasteiger charge is 2.32. The van der Waals surface area contributed by atoms with Gasteiger partial charge in [0.05, 0.1) is 18.5 Å². The van der Waals surface area contributed by atoms with Crippen LogP contribution in [0, 0.1) is 5.92 Å². The Balaban J connectivity index is 1.50. The topological polar surface area (TPSA) is 45.7 Å². The molecule has 0 bridgehead atoms. The molecule has 2 fully saturated rings. The van der Waals surface area contributed by atoms with E-state index in [1.807, 2.05) is 29.2 Å². The van der Waals surface area contributed by atoms with Crippen molar-refractivity contribution in [1.82, 2.24) is 9.88 Å². The highest BCUT2D eigenvalue weighted by Crippen LogP contribution is 2.27. The number of pyridine rings is 1. The van der Waals surface area contributed by atoms with E-state index in [1.54, 1.807) is 7.11 Å². The van der Waals surface area contributed by atoms with Crippen LogP contribution >= 0.6 is 0 Å². The molecule has 0 saturated carbocycles. The van der Waals surface area contributed by atoms with Crippen molar-refractivity contribution in [2.24, 2.45) is 5.92 Å². The smallest absolute Gasteiger partial charge is 0.227 e. The average molecular weight is 325 g/mol. The van der Waals surface area contributed by atoms with E-state index in [0.717, 1.165) is 67.9 Å². The number of methoxy groups -OCH3 is 1. The number of rotatable bonds is 3. The van der Waals surface area contributed by atoms with Crippen LogP contribution in [0.2, 0.25) is 0 Å². The third kappa shape index (κ3) is 2.79. The summed E-state index contributed by atoms with van der Waals surface area (Å²) in [6.45, 7) is 3.56. The standard InChI is InChI=1S/C19H23N3O2/c1-24-16-5-6-17-14(12-16)4-7-18(20-17)22-11-8-15(13-22)19(23)21-9-2-3-10-21/h4-7,12,15H,2-3,8-11,13H2,1H3. The minimum Gasteiger partial charge on any atom is -0.497 e. The van der Waals surface area contributed by atoms with Gasteiger partial charge in [0, 0.05) is 31.6 Å². The van der Waals surface area contributed by atoms with E-state index in [4.69, 9.17) is 9.72 Å². The Bertz CT molecular complexity index is 755. The van der Waals surface area contributed by atoms with Gasteiger partial charge in [-0.2, -0.15) is 0 Å². The van der Waals surface area contributed by atoms with Crippen molar-refractivity contribution < 1.29 is 9.53 Å². The molecule has 24 heavy (non-hydrogen) atoms. The van der Waals surface area contributed by atoms with Crippen molar-refractivity contribution in [2.45, 2.75) is 19.3 Å². The molecule has 3 heterocycles. The molecule has 1 aromatic carbocycles. The Labute approximate surface area is 142 Å². The lowest BCUT2D eigenvalue weighted by Gasteiger charge is -2.21. The minimum absolute atomic E-state index is 0.122. The number of hydrogen-bond donors (Lipinski definition) is 0. The lowest BCUT2D eigenvalue weighted by Crippen LogP contribution is -2.35. The number of nitrogens with zero attached hydrogens (tertiary/aromatic N) is 3. The van der Waals surface area contributed by atoms with Gasteiger partial charge in [0.15, 0.2) is 0 Å². The van der Waals surface area contributed by atoms with Crippen LogP contribution in [0.15, 0.2) is 30.3 Å². The van der Waals surface area contributed by atoms with Gasteiger partial charge in [-0.05, 0) is 49.6 Å². The monoisotopic (exact) mass is 325 g/mol. The van der Waals surface area contributed by atoms with E-state index in [2.05, 4.69) is 11.0 Å². The number of amides is 1. The van der Waals surface area contributed by atoms with Gasteiger partial charge in [-0.25, -0.2) is 4.98 Å². The van der Waals surface area contributed by atoms with Crippen LogP contribution in [0.5, 0.6) is 5.75 Å². The molecular formula is C19H23N3O2. The fraction of sp³-hybridized carbons (Fsp3) is 0.474. The molecule has 0 spiro atoms. The molecule has 4 rings (SSSR count). The zero-order chi connectivity index (χ0) is 16.5. The molecule has 1 aromatic heterocycles. The summed E-state index contributed by atoms with van der Waals surface area (Å²) in [5.41, 5.74) is 0.961. The molecule has 126 valence electrons. The van der Waals surface area contributed by atoms with E-state index in [-0.39, 0.29) is 5.92 Å².